The Balaban J connectivity index is 2.18. The number of hydrogen-bond acceptors (Lipinski definition) is 3. The molecule has 0 fully saturated rings. The average Bonchev–Trinajstić information content (AvgIpc) is 2.34. The van der Waals surface area contributed by atoms with Crippen LogP contribution in [0.4, 0.5) is 0 Å². The van der Waals surface area contributed by atoms with E-state index in [4.69, 9.17) is 9.84 Å². The highest BCUT2D eigenvalue weighted by atomic mass is 79.9. The quantitative estimate of drug-likeness (QED) is 0.940. The Morgan fingerprint density at radius 2 is 2.00 bits per heavy atom. The van der Waals surface area contributed by atoms with Gasteiger partial charge in [-0.05, 0) is 52.7 Å². The van der Waals surface area contributed by atoms with Gasteiger partial charge in [0.15, 0.2) is 0 Å². The van der Waals surface area contributed by atoms with Crippen LogP contribution in [0.15, 0.2) is 41.0 Å². The number of halogens is 1. The van der Waals surface area contributed by atoms with Gasteiger partial charge in [0.2, 0.25) is 5.88 Å². The molecule has 0 radical (unpaired) electrons. The van der Waals surface area contributed by atoms with Gasteiger partial charge in [-0.15, -0.1) is 0 Å². The van der Waals surface area contributed by atoms with Gasteiger partial charge in [-0.1, -0.05) is 0 Å². The summed E-state index contributed by atoms with van der Waals surface area (Å²) in [6.07, 6.45) is 1.66. The van der Waals surface area contributed by atoms with E-state index in [-0.39, 0.29) is 5.56 Å². The summed E-state index contributed by atoms with van der Waals surface area (Å²) in [7, 11) is 0. The summed E-state index contributed by atoms with van der Waals surface area (Å²) in [5, 5.41) is 8.77. The van der Waals surface area contributed by atoms with Gasteiger partial charge in [-0.2, -0.15) is 0 Å². The second kappa shape index (κ2) is 5.18. The standard InChI is InChI=1S/C13H10BrNO3/c1-8-6-12(15-7-11(8)14)18-10-4-2-9(3-5-10)13(16)17/h2-7H,1H3,(H,16,17). The zero-order valence-corrected chi connectivity index (χ0v) is 11.1. The smallest absolute Gasteiger partial charge is 0.335 e. The van der Waals surface area contributed by atoms with Crippen LogP contribution >= 0.6 is 15.9 Å². The van der Waals surface area contributed by atoms with Crippen molar-refractivity contribution in [2.24, 2.45) is 0 Å². The largest absolute Gasteiger partial charge is 0.478 e. The Bertz CT molecular complexity index is 581. The monoisotopic (exact) mass is 307 g/mol. The van der Waals surface area contributed by atoms with Gasteiger partial charge in [0.25, 0.3) is 0 Å². The molecule has 0 aliphatic carbocycles. The maximum atomic E-state index is 10.7. The predicted molar refractivity (Wildman–Crippen MR) is 70.1 cm³/mol. The molecular formula is C13H10BrNO3. The number of carboxylic acid groups (broad SMARTS) is 1. The van der Waals surface area contributed by atoms with Gasteiger partial charge in [-0.25, -0.2) is 9.78 Å². The van der Waals surface area contributed by atoms with Crippen LogP contribution in [0.25, 0.3) is 0 Å². The van der Waals surface area contributed by atoms with Crippen LogP contribution in [-0.2, 0) is 0 Å². The molecule has 0 spiro atoms. The topological polar surface area (TPSA) is 59.4 Å². The van der Waals surface area contributed by atoms with Crippen molar-refractivity contribution in [1.82, 2.24) is 4.98 Å². The highest BCUT2D eigenvalue weighted by Gasteiger charge is 2.04. The number of hydrogen-bond donors (Lipinski definition) is 1. The van der Waals surface area contributed by atoms with E-state index in [0.29, 0.717) is 11.6 Å². The second-order valence-corrected chi connectivity index (χ2v) is 4.56. The number of pyridine rings is 1. The molecule has 1 aromatic heterocycles. The molecule has 1 N–H and O–H groups in total. The number of rotatable bonds is 3. The van der Waals surface area contributed by atoms with E-state index < -0.39 is 5.97 Å². The molecule has 0 bridgehead atoms. The lowest BCUT2D eigenvalue weighted by atomic mass is 10.2. The van der Waals surface area contributed by atoms with Crippen molar-refractivity contribution in [1.29, 1.82) is 0 Å². The predicted octanol–water partition coefficient (Wildman–Crippen LogP) is 3.64. The van der Waals surface area contributed by atoms with Crippen LogP contribution in [0, 0.1) is 6.92 Å². The molecule has 1 heterocycles. The van der Waals surface area contributed by atoms with Gasteiger partial charge in [0, 0.05) is 16.7 Å². The van der Waals surface area contributed by atoms with E-state index in [9.17, 15) is 4.79 Å². The van der Waals surface area contributed by atoms with E-state index >= 15 is 0 Å². The minimum atomic E-state index is -0.959. The van der Waals surface area contributed by atoms with Gasteiger partial charge >= 0.3 is 5.97 Å². The van der Waals surface area contributed by atoms with Crippen molar-refractivity contribution in [2.45, 2.75) is 6.92 Å². The normalized spacial score (nSPS) is 10.1. The lowest BCUT2D eigenvalue weighted by molar-refractivity contribution is 0.0697. The van der Waals surface area contributed by atoms with Crippen molar-refractivity contribution in [3.63, 3.8) is 0 Å². The molecule has 0 amide bonds. The fourth-order valence-electron chi connectivity index (χ4n) is 1.36. The number of aromatic carboxylic acids is 1. The number of carboxylic acids is 1. The second-order valence-electron chi connectivity index (χ2n) is 3.70. The lowest BCUT2D eigenvalue weighted by Crippen LogP contribution is -1.95. The third kappa shape index (κ3) is 2.87. The zero-order chi connectivity index (χ0) is 13.1. The van der Waals surface area contributed by atoms with Crippen molar-refractivity contribution in [2.75, 3.05) is 0 Å². The van der Waals surface area contributed by atoms with E-state index in [1.54, 1.807) is 24.4 Å². The first kappa shape index (κ1) is 12.6. The van der Waals surface area contributed by atoms with Crippen LogP contribution in [0.2, 0.25) is 0 Å². The molecule has 0 saturated carbocycles. The SMILES string of the molecule is Cc1cc(Oc2ccc(C(=O)O)cc2)ncc1Br. The first-order chi connectivity index (χ1) is 8.56. The molecule has 2 aromatic rings. The summed E-state index contributed by atoms with van der Waals surface area (Å²) >= 11 is 3.36. The Labute approximate surface area is 112 Å². The van der Waals surface area contributed by atoms with E-state index in [1.165, 1.54) is 12.1 Å². The minimum Gasteiger partial charge on any atom is -0.478 e. The Morgan fingerprint density at radius 3 is 2.56 bits per heavy atom. The first-order valence-electron chi connectivity index (χ1n) is 5.19. The highest BCUT2D eigenvalue weighted by molar-refractivity contribution is 9.10. The number of aromatic nitrogens is 1. The molecular weight excluding hydrogens is 298 g/mol. The molecule has 5 heteroatoms. The Hall–Kier alpha value is -1.88. The summed E-state index contributed by atoms with van der Waals surface area (Å²) in [6.45, 7) is 1.94. The van der Waals surface area contributed by atoms with Crippen molar-refractivity contribution in [3.8, 4) is 11.6 Å². The Morgan fingerprint density at radius 1 is 1.33 bits per heavy atom. The van der Waals surface area contributed by atoms with Crippen LogP contribution in [-0.4, -0.2) is 16.1 Å². The summed E-state index contributed by atoms with van der Waals surface area (Å²) in [5.41, 5.74) is 1.24. The summed E-state index contributed by atoms with van der Waals surface area (Å²) in [4.78, 5) is 14.8. The van der Waals surface area contributed by atoms with E-state index in [2.05, 4.69) is 20.9 Å². The van der Waals surface area contributed by atoms with Gasteiger partial charge < -0.3 is 9.84 Å². The number of aryl methyl sites for hydroxylation is 1. The number of carbonyl (C=O) groups is 1. The Kier molecular flexibility index (Phi) is 3.62. The van der Waals surface area contributed by atoms with Gasteiger partial charge in [0.1, 0.15) is 5.75 Å². The van der Waals surface area contributed by atoms with Crippen molar-refractivity contribution in [3.05, 3.63) is 52.1 Å². The molecule has 4 nitrogen and oxygen atoms in total. The molecule has 18 heavy (non-hydrogen) atoms. The van der Waals surface area contributed by atoms with Gasteiger partial charge in [-0.3, -0.25) is 0 Å². The van der Waals surface area contributed by atoms with Crippen molar-refractivity contribution < 1.29 is 14.6 Å². The van der Waals surface area contributed by atoms with Crippen molar-refractivity contribution >= 4 is 21.9 Å². The summed E-state index contributed by atoms with van der Waals surface area (Å²) < 4.78 is 6.44. The minimum absolute atomic E-state index is 0.224. The maximum absolute atomic E-state index is 10.7. The number of nitrogens with zero attached hydrogens (tertiary/aromatic N) is 1. The fraction of sp³-hybridized carbons (Fsp3) is 0.0769. The summed E-state index contributed by atoms with van der Waals surface area (Å²) in [6, 6.07) is 7.98. The third-order valence-corrected chi connectivity index (χ3v) is 3.18. The van der Waals surface area contributed by atoms with E-state index in [0.717, 1.165) is 10.0 Å². The van der Waals surface area contributed by atoms with Gasteiger partial charge in [0.05, 0.1) is 5.56 Å². The van der Waals surface area contributed by atoms with E-state index in [1.807, 2.05) is 6.92 Å². The van der Waals surface area contributed by atoms with Crippen LogP contribution in [0.5, 0.6) is 11.6 Å². The molecule has 0 saturated heterocycles. The van der Waals surface area contributed by atoms with Crippen LogP contribution in [0.3, 0.4) is 0 Å². The molecule has 0 atom stereocenters. The maximum Gasteiger partial charge on any atom is 0.335 e. The average molecular weight is 308 g/mol. The molecule has 0 aliphatic heterocycles. The molecule has 2 rings (SSSR count). The molecule has 0 unspecified atom stereocenters. The fourth-order valence-corrected chi connectivity index (χ4v) is 1.57. The number of ether oxygens (including phenoxy) is 1. The summed E-state index contributed by atoms with van der Waals surface area (Å²) in [5.74, 6) is 0.0622. The van der Waals surface area contributed by atoms with Crippen LogP contribution in [0.1, 0.15) is 15.9 Å². The highest BCUT2D eigenvalue weighted by Crippen LogP contribution is 2.23. The zero-order valence-electron chi connectivity index (χ0n) is 9.55. The third-order valence-electron chi connectivity index (χ3n) is 2.35. The van der Waals surface area contributed by atoms with Crippen LogP contribution < -0.4 is 4.74 Å². The lowest BCUT2D eigenvalue weighted by Gasteiger charge is -2.06. The first-order valence-corrected chi connectivity index (χ1v) is 5.99. The molecule has 0 aliphatic rings. The molecule has 1 aromatic carbocycles. The molecule has 92 valence electrons. The number of benzene rings is 1.